The van der Waals surface area contributed by atoms with E-state index in [9.17, 15) is 4.79 Å². The van der Waals surface area contributed by atoms with Crippen LogP contribution < -0.4 is 5.69 Å². The van der Waals surface area contributed by atoms with Crippen LogP contribution in [0, 0.1) is 0 Å². The molecule has 0 aliphatic carbocycles. The molecule has 2 N–H and O–H groups in total. The van der Waals surface area contributed by atoms with Crippen molar-refractivity contribution in [1.29, 1.82) is 0 Å². The zero-order valence-corrected chi connectivity index (χ0v) is 7.59. The van der Waals surface area contributed by atoms with E-state index in [0.29, 0.717) is 5.92 Å². The molecule has 0 aromatic carbocycles. The number of aromatic amines is 2. The van der Waals surface area contributed by atoms with Crippen molar-refractivity contribution >= 4 is 11.0 Å². The van der Waals surface area contributed by atoms with Crippen LogP contribution in [0.15, 0.2) is 17.1 Å². The number of nitrogens with zero attached hydrogens (tertiary/aromatic N) is 1. The highest BCUT2D eigenvalue weighted by atomic mass is 16.1. The van der Waals surface area contributed by atoms with Crippen molar-refractivity contribution in [2.75, 3.05) is 0 Å². The quantitative estimate of drug-likeness (QED) is 0.691. The van der Waals surface area contributed by atoms with Gasteiger partial charge in [-0.25, -0.2) is 4.79 Å². The molecule has 4 heteroatoms. The van der Waals surface area contributed by atoms with Gasteiger partial charge in [0.15, 0.2) is 0 Å². The monoisotopic (exact) mass is 177 g/mol. The van der Waals surface area contributed by atoms with Crippen molar-refractivity contribution in [2.24, 2.45) is 0 Å². The molecule has 2 aromatic heterocycles. The zero-order valence-electron chi connectivity index (χ0n) is 7.59. The van der Waals surface area contributed by atoms with Gasteiger partial charge >= 0.3 is 5.69 Å². The van der Waals surface area contributed by atoms with Crippen molar-refractivity contribution in [3.05, 3.63) is 28.4 Å². The summed E-state index contributed by atoms with van der Waals surface area (Å²) in [5.74, 6) is 0.315. The summed E-state index contributed by atoms with van der Waals surface area (Å²) >= 11 is 0. The highest BCUT2D eigenvalue weighted by Crippen LogP contribution is 2.18. The molecule has 0 unspecified atom stereocenters. The van der Waals surface area contributed by atoms with Crippen LogP contribution in [0.5, 0.6) is 0 Å². The number of hydrogen-bond donors (Lipinski definition) is 2. The highest BCUT2D eigenvalue weighted by Gasteiger charge is 2.08. The molecule has 13 heavy (non-hydrogen) atoms. The Morgan fingerprint density at radius 3 is 2.85 bits per heavy atom. The smallest absolute Gasteiger partial charge is 0.306 e. The molecule has 2 heterocycles. The number of H-pyrrole nitrogens is 2. The Bertz CT molecular complexity index is 481. The normalized spacial score (nSPS) is 11.3. The van der Waals surface area contributed by atoms with Crippen molar-refractivity contribution in [2.45, 2.75) is 19.8 Å². The van der Waals surface area contributed by atoms with Gasteiger partial charge < -0.3 is 9.97 Å². The third-order valence-electron chi connectivity index (χ3n) is 2.01. The predicted octanol–water partition coefficient (Wildman–Crippen LogP) is 1.37. The fraction of sp³-hybridized carbons (Fsp3) is 0.333. The average Bonchev–Trinajstić information content (AvgIpc) is 2.43. The van der Waals surface area contributed by atoms with Gasteiger partial charge in [0.2, 0.25) is 0 Å². The van der Waals surface area contributed by atoms with Crippen LogP contribution in [-0.4, -0.2) is 15.0 Å². The maximum atomic E-state index is 11.0. The molecule has 0 amide bonds. The van der Waals surface area contributed by atoms with E-state index < -0.39 is 0 Å². The number of aromatic nitrogens is 3. The summed E-state index contributed by atoms with van der Waals surface area (Å²) in [6.07, 6.45) is 1.71. The minimum Gasteiger partial charge on any atom is -0.306 e. The highest BCUT2D eigenvalue weighted by molar-refractivity contribution is 5.76. The molecule has 0 radical (unpaired) electrons. The standard InChI is InChI=1S/C9H11N3O/c1-5(2)7-8-6(3-4-10-7)11-9(13)12-8/h3-5H,1-2H3,(H2,11,12,13). The molecule has 0 fully saturated rings. The van der Waals surface area contributed by atoms with Crippen LogP contribution in [0.4, 0.5) is 0 Å². The van der Waals surface area contributed by atoms with Crippen LogP contribution in [0.25, 0.3) is 11.0 Å². The van der Waals surface area contributed by atoms with Gasteiger partial charge in [-0.05, 0) is 12.0 Å². The number of nitrogens with one attached hydrogen (secondary N) is 2. The molecule has 0 spiro atoms. The van der Waals surface area contributed by atoms with E-state index in [1.165, 1.54) is 0 Å². The first-order chi connectivity index (χ1) is 6.18. The Morgan fingerprint density at radius 2 is 2.15 bits per heavy atom. The largest absolute Gasteiger partial charge is 0.323 e. The van der Waals surface area contributed by atoms with Crippen molar-refractivity contribution in [3.63, 3.8) is 0 Å². The van der Waals surface area contributed by atoms with E-state index in [4.69, 9.17) is 0 Å². The third kappa shape index (κ3) is 1.24. The van der Waals surface area contributed by atoms with Crippen molar-refractivity contribution in [1.82, 2.24) is 15.0 Å². The summed E-state index contributed by atoms with van der Waals surface area (Å²) < 4.78 is 0. The Hall–Kier alpha value is -1.58. The molecule has 2 aromatic rings. The maximum absolute atomic E-state index is 11.0. The van der Waals surface area contributed by atoms with Crippen molar-refractivity contribution in [3.8, 4) is 0 Å². The molecular weight excluding hydrogens is 166 g/mol. The Morgan fingerprint density at radius 1 is 1.38 bits per heavy atom. The van der Waals surface area contributed by atoms with Gasteiger partial charge in [0.05, 0.1) is 16.7 Å². The molecule has 0 atom stereocenters. The molecule has 0 saturated heterocycles. The van der Waals surface area contributed by atoms with E-state index in [1.54, 1.807) is 12.3 Å². The van der Waals surface area contributed by atoms with Gasteiger partial charge in [-0.1, -0.05) is 13.8 Å². The van der Waals surface area contributed by atoms with Crippen LogP contribution in [0.2, 0.25) is 0 Å². The summed E-state index contributed by atoms with van der Waals surface area (Å²) in [6.45, 7) is 4.10. The maximum Gasteiger partial charge on any atom is 0.323 e. The van der Waals surface area contributed by atoms with Gasteiger partial charge in [-0.3, -0.25) is 4.98 Å². The van der Waals surface area contributed by atoms with Crippen LogP contribution in [-0.2, 0) is 0 Å². The van der Waals surface area contributed by atoms with Crippen molar-refractivity contribution < 1.29 is 0 Å². The van der Waals surface area contributed by atoms with Crippen LogP contribution in [0.3, 0.4) is 0 Å². The number of hydrogen-bond acceptors (Lipinski definition) is 2. The lowest BCUT2D eigenvalue weighted by Crippen LogP contribution is -2.00. The molecule has 0 saturated carbocycles. The van der Waals surface area contributed by atoms with Gasteiger partial charge in [-0.15, -0.1) is 0 Å². The van der Waals surface area contributed by atoms with Gasteiger partial charge in [-0.2, -0.15) is 0 Å². The van der Waals surface area contributed by atoms with E-state index in [1.807, 2.05) is 13.8 Å². The fourth-order valence-electron chi connectivity index (χ4n) is 1.42. The fourth-order valence-corrected chi connectivity index (χ4v) is 1.42. The molecule has 0 bridgehead atoms. The summed E-state index contributed by atoms with van der Waals surface area (Å²) in [5.41, 5.74) is 2.40. The lowest BCUT2D eigenvalue weighted by Gasteiger charge is -2.03. The lowest BCUT2D eigenvalue weighted by molar-refractivity contribution is 0.831. The lowest BCUT2D eigenvalue weighted by atomic mass is 10.1. The minimum absolute atomic E-state index is 0.176. The average molecular weight is 177 g/mol. The molecule has 0 aliphatic heterocycles. The molecule has 68 valence electrons. The van der Waals surface area contributed by atoms with Crippen LogP contribution >= 0.6 is 0 Å². The Kier molecular flexibility index (Phi) is 1.69. The topological polar surface area (TPSA) is 61.5 Å². The van der Waals surface area contributed by atoms with Gasteiger partial charge in [0.25, 0.3) is 0 Å². The van der Waals surface area contributed by atoms with E-state index in [2.05, 4.69) is 15.0 Å². The summed E-state index contributed by atoms with van der Waals surface area (Å²) in [7, 11) is 0. The molecule has 2 rings (SSSR count). The molecular formula is C9H11N3O. The first-order valence-electron chi connectivity index (χ1n) is 4.25. The zero-order chi connectivity index (χ0) is 9.42. The first kappa shape index (κ1) is 8.04. The van der Waals surface area contributed by atoms with Gasteiger partial charge in [0.1, 0.15) is 0 Å². The summed E-state index contributed by atoms with van der Waals surface area (Å²) in [4.78, 5) is 20.7. The number of fused-ring (bicyclic) bond motifs is 1. The second-order valence-corrected chi connectivity index (χ2v) is 3.35. The second kappa shape index (κ2) is 2.73. The number of rotatable bonds is 1. The van der Waals surface area contributed by atoms with E-state index in [-0.39, 0.29) is 5.69 Å². The molecule has 0 aliphatic rings. The molecule has 4 nitrogen and oxygen atoms in total. The van der Waals surface area contributed by atoms with Crippen LogP contribution in [0.1, 0.15) is 25.5 Å². The van der Waals surface area contributed by atoms with E-state index >= 15 is 0 Å². The number of pyridine rings is 1. The Balaban J connectivity index is 2.82. The van der Waals surface area contributed by atoms with E-state index in [0.717, 1.165) is 16.7 Å². The summed E-state index contributed by atoms with van der Waals surface area (Å²) in [5, 5.41) is 0. The Labute approximate surface area is 75.0 Å². The first-order valence-corrected chi connectivity index (χ1v) is 4.25. The minimum atomic E-state index is -0.176. The van der Waals surface area contributed by atoms with Gasteiger partial charge in [0, 0.05) is 6.20 Å². The SMILES string of the molecule is CC(C)c1nccc2[nH]c(=O)[nH]c12. The summed E-state index contributed by atoms with van der Waals surface area (Å²) in [6, 6.07) is 1.79. The third-order valence-corrected chi connectivity index (χ3v) is 2.01. The number of imidazole rings is 1. The predicted molar refractivity (Wildman–Crippen MR) is 50.8 cm³/mol. The second-order valence-electron chi connectivity index (χ2n) is 3.35.